The van der Waals surface area contributed by atoms with Crippen LogP contribution < -0.4 is 15.4 Å². The van der Waals surface area contributed by atoms with E-state index in [0.717, 1.165) is 37.4 Å². The van der Waals surface area contributed by atoms with Gasteiger partial charge in [-0.1, -0.05) is 19.1 Å². The summed E-state index contributed by atoms with van der Waals surface area (Å²) in [6, 6.07) is 8.03. The van der Waals surface area contributed by atoms with Crippen LogP contribution in [0.3, 0.4) is 0 Å². The molecule has 2 N–H and O–H groups in total. The molecule has 5 nitrogen and oxygen atoms in total. The minimum Gasteiger partial charge on any atom is -0.478 e. The number of anilines is 2. The molecule has 110 valence electrons. The van der Waals surface area contributed by atoms with Crippen LogP contribution in [-0.2, 0) is 13.0 Å². The number of ether oxygens (including phenoxy) is 1. The van der Waals surface area contributed by atoms with Crippen LogP contribution >= 0.6 is 0 Å². The molecule has 0 fully saturated rings. The molecule has 0 amide bonds. The number of benzene rings is 1. The van der Waals surface area contributed by atoms with E-state index in [4.69, 9.17) is 10.5 Å². The van der Waals surface area contributed by atoms with E-state index in [2.05, 4.69) is 27.9 Å². The van der Waals surface area contributed by atoms with Crippen LogP contribution in [0.4, 0.5) is 11.5 Å². The zero-order valence-electron chi connectivity index (χ0n) is 12.2. The Morgan fingerprint density at radius 2 is 2.24 bits per heavy atom. The van der Waals surface area contributed by atoms with Gasteiger partial charge in [-0.15, -0.1) is 0 Å². The number of aromatic nitrogens is 2. The van der Waals surface area contributed by atoms with Gasteiger partial charge in [0, 0.05) is 24.8 Å². The second kappa shape index (κ2) is 5.99. The Labute approximate surface area is 124 Å². The Hall–Kier alpha value is -2.30. The van der Waals surface area contributed by atoms with Gasteiger partial charge in [-0.25, -0.2) is 9.97 Å². The van der Waals surface area contributed by atoms with Gasteiger partial charge in [0.05, 0.1) is 6.61 Å². The van der Waals surface area contributed by atoms with E-state index in [-0.39, 0.29) is 0 Å². The molecule has 0 saturated carbocycles. The van der Waals surface area contributed by atoms with E-state index in [1.165, 1.54) is 11.1 Å². The molecule has 5 heteroatoms. The van der Waals surface area contributed by atoms with E-state index >= 15 is 0 Å². The number of hydrogen-bond donors (Lipinski definition) is 1. The Bertz CT molecular complexity index is 629. The fraction of sp³-hybridized carbons (Fsp3) is 0.375. The zero-order chi connectivity index (χ0) is 14.7. The van der Waals surface area contributed by atoms with Crippen LogP contribution in [0, 0.1) is 0 Å². The highest BCUT2D eigenvalue weighted by Gasteiger charge is 2.19. The van der Waals surface area contributed by atoms with Gasteiger partial charge in [0.2, 0.25) is 5.88 Å². The third kappa shape index (κ3) is 2.91. The first kappa shape index (κ1) is 13.7. The molecule has 0 spiro atoms. The molecule has 3 rings (SSSR count). The van der Waals surface area contributed by atoms with Crippen molar-refractivity contribution in [2.75, 3.05) is 23.8 Å². The van der Waals surface area contributed by atoms with Crippen LogP contribution in [-0.4, -0.2) is 23.1 Å². The molecule has 1 aliphatic rings. The van der Waals surface area contributed by atoms with Crippen molar-refractivity contribution in [3.05, 3.63) is 41.7 Å². The van der Waals surface area contributed by atoms with Crippen LogP contribution in [0.15, 0.2) is 30.6 Å². The standard InChI is InChI=1S/C16H20N4O/c1-2-8-21-16-9-15(18-11-19-16)20-7-6-12-4-3-5-14(17)13(12)10-20/h3-5,9,11H,2,6-8,10,17H2,1H3. The first-order chi connectivity index (χ1) is 10.3. The number of rotatable bonds is 4. The lowest BCUT2D eigenvalue weighted by Gasteiger charge is -2.30. The van der Waals surface area contributed by atoms with Crippen molar-refractivity contribution in [2.24, 2.45) is 0 Å². The summed E-state index contributed by atoms with van der Waals surface area (Å²) in [6.07, 6.45) is 3.51. The van der Waals surface area contributed by atoms with Gasteiger partial charge in [-0.3, -0.25) is 0 Å². The highest BCUT2D eigenvalue weighted by atomic mass is 16.5. The van der Waals surface area contributed by atoms with Gasteiger partial charge in [0.15, 0.2) is 0 Å². The molecule has 2 aromatic rings. The maximum absolute atomic E-state index is 6.09. The quantitative estimate of drug-likeness (QED) is 0.873. The molecule has 0 radical (unpaired) electrons. The molecule has 0 unspecified atom stereocenters. The monoisotopic (exact) mass is 284 g/mol. The van der Waals surface area contributed by atoms with E-state index in [1.54, 1.807) is 6.33 Å². The van der Waals surface area contributed by atoms with E-state index in [0.29, 0.717) is 12.5 Å². The number of hydrogen-bond acceptors (Lipinski definition) is 5. The summed E-state index contributed by atoms with van der Waals surface area (Å²) < 4.78 is 5.58. The summed E-state index contributed by atoms with van der Waals surface area (Å²) in [4.78, 5) is 10.7. The van der Waals surface area contributed by atoms with Crippen molar-refractivity contribution >= 4 is 11.5 Å². The first-order valence-electron chi connectivity index (χ1n) is 7.34. The van der Waals surface area contributed by atoms with Crippen molar-refractivity contribution in [2.45, 2.75) is 26.3 Å². The van der Waals surface area contributed by atoms with Crippen molar-refractivity contribution < 1.29 is 4.74 Å². The molecule has 0 saturated heterocycles. The normalized spacial score (nSPS) is 13.9. The first-order valence-corrected chi connectivity index (χ1v) is 7.34. The van der Waals surface area contributed by atoms with Gasteiger partial charge in [0.1, 0.15) is 12.1 Å². The molecule has 1 aromatic heterocycles. The van der Waals surface area contributed by atoms with E-state index in [9.17, 15) is 0 Å². The average Bonchev–Trinajstić information content (AvgIpc) is 2.53. The Morgan fingerprint density at radius 3 is 3.10 bits per heavy atom. The van der Waals surface area contributed by atoms with Crippen molar-refractivity contribution in [1.29, 1.82) is 0 Å². The lowest BCUT2D eigenvalue weighted by molar-refractivity contribution is 0.304. The largest absolute Gasteiger partial charge is 0.478 e. The number of fused-ring (bicyclic) bond motifs is 1. The number of nitrogens with zero attached hydrogens (tertiary/aromatic N) is 3. The smallest absolute Gasteiger partial charge is 0.218 e. The number of nitrogens with two attached hydrogens (primary N) is 1. The molecule has 1 aliphatic heterocycles. The van der Waals surface area contributed by atoms with Gasteiger partial charge in [-0.2, -0.15) is 0 Å². The Balaban J connectivity index is 1.81. The predicted molar refractivity (Wildman–Crippen MR) is 83.4 cm³/mol. The molecule has 0 atom stereocenters. The Kier molecular flexibility index (Phi) is 3.90. The summed E-state index contributed by atoms with van der Waals surface area (Å²) in [5, 5.41) is 0. The Morgan fingerprint density at radius 1 is 1.33 bits per heavy atom. The van der Waals surface area contributed by atoms with Gasteiger partial charge in [0.25, 0.3) is 0 Å². The van der Waals surface area contributed by atoms with Crippen molar-refractivity contribution in [1.82, 2.24) is 9.97 Å². The highest BCUT2D eigenvalue weighted by Crippen LogP contribution is 2.27. The third-order valence-electron chi connectivity index (χ3n) is 3.71. The number of nitrogen functional groups attached to an aromatic ring is 1. The van der Waals surface area contributed by atoms with Crippen LogP contribution in [0.2, 0.25) is 0 Å². The SMILES string of the molecule is CCCOc1cc(N2CCc3cccc(N)c3C2)ncn1. The van der Waals surface area contributed by atoms with Crippen LogP contribution in [0.5, 0.6) is 5.88 Å². The minimum atomic E-state index is 0.633. The maximum atomic E-state index is 6.09. The topological polar surface area (TPSA) is 64.3 Å². The van der Waals surface area contributed by atoms with E-state index in [1.807, 2.05) is 18.2 Å². The third-order valence-corrected chi connectivity index (χ3v) is 3.71. The zero-order valence-corrected chi connectivity index (χ0v) is 12.2. The molecular weight excluding hydrogens is 264 g/mol. The molecule has 0 bridgehead atoms. The molecular formula is C16H20N4O. The van der Waals surface area contributed by atoms with Crippen LogP contribution in [0.1, 0.15) is 24.5 Å². The van der Waals surface area contributed by atoms with Gasteiger partial charge in [-0.05, 0) is 30.0 Å². The van der Waals surface area contributed by atoms with Crippen LogP contribution in [0.25, 0.3) is 0 Å². The lowest BCUT2D eigenvalue weighted by atomic mass is 9.98. The molecule has 1 aromatic carbocycles. The molecule has 0 aliphatic carbocycles. The summed E-state index contributed by atoms with van der Waals surface area (Å²) in [6.45, 7) is 4.46. The van der Waals surface area contributed by atoms with Crippen molar-refractivity contribution in [3.8, 4) is 5.88 Å². The molecule has 21 heavy (non-hydrogen) atoms. The fourth-order valence-electron chi connectivity index (χ4n) is 2.59. The summed E-state index contributed by atoms with van der Waals surface area (Å²) in [5.41, 5.74) is 9.49. The average molecular weight is 284 g/mol. The minimum absolute atomic E-state index is 0.633. The maximum Gasteiger partial charge on any atom is 0.218 e. The lowest BCUT2D eigenvalue weighted by Crippen LogP contribution is -2.31. The second-order valence-corrected chi connectivity index (χ2v) is 5.22. The fourth-order valence-corrected chi connectivity index (χ4v) is 2.59. The predicted octanol–water partition coefficient (Wildman–Crippen LogP) is 2.41. The van der Waals surface area contributed by atoms with E-state index < -0.39 is 0 Å². The summed E-state index contributed by atoms with van der Waals surface area (Å²) in [5.74, 6) is 1.53. The summed E-state index contributed by atoms with van der Waals surface area (Å²) >= 11 is 0. The summed E-state index contributed by atoms with van der Waals surface area (Å²) in [7, 11) is 0. The molecule has 2 heterocycles. The van der Waals surface area contributed by atoms with Gasteiger partial charge < -0.3 is 15.4 Å². The highest BCUT2D eigenvalue weighted by molar-refractivity contribution is 5.55. The second-order valence-electron chi connectivity index (χ2n) is 5.22. The van der Waals surface area contributed by atoms with Gasteiger partial charge >= 0.3 is 0 Å². The van der Waals surface area contributed by atoms with Crippen molar-refractivity contribution in [3.63, 3.8) is 0 Å².